The molecule has 1 aliphatic rings. The third kappa shape index (κ3) is 6.70. The summed E-state index contributed by atoms with van der Waals surface area (Å²) in [6.07, 6.45) is -2.44. The number of nitrogens with one attached hydrogen (secondary N) is 2. The number of sulfonamides is 1. The van der Waals surface area contributed by atoms with Gasteiger partial charge in [-0.1, -0.05) is 44.0 Å². The van der Waals surface area contributed by atoms with Crippen molar-refractivity contribution in [2.75, 3.05) is 6.61 Å². The standard InChI is InChI=1S/C22H24F3N3O4S/c1-2-3-7-18(27-20-17-6-4-5-8-19(17)33(30,31)28-20)21(29)26-13-15-9-11-16(12-10-15)32-14-22(23,24)25/h4-6,8-12,18H,2-3,7,13-14H2,1H3,(H,26,29)(H,27,28). The predicted molar refractivity (Wildman–Crippen MR) is 116 cm³/mol. The van der Waals surface area contributed by atoms with E-state index in [-0.39, 0.29) is 28.9 Å². The van der Waals surface area contributed by atoms with Gasteiger partial charge in [-0.3, -0.25) is 14.5 Å². The number of halogens is 3. The summed E-state index contributed by atoms with van der Waals surface area (Å²) in [5.41, 5.74) is 1.08. The molecule has 1 atom stereocenters. The van der Waals surface area contributed by atoms with Gasteiger partial charge in [0.25, 0.3) is 10.0 Å². The Bertz CT molecular complexity index is 1120. The lowest BCUT2D eigenvalue weighted by atomic mass is 10.1. The van der Waals surface area contributed by atoms with Gasteiger partial charge in [-0.25, -0.2) is 8.42 Å². The minimum atomic E-state index is -4.42. The summed E-state index contributed by atoms with van der Waals surface area (Å²) in [6.45, 7) is 0.724. The molecule has 7 nitrogen and oxygen atoms in total. The van der Waals surface area contributed by atoms with Gasteiger partial charge in [0, 0.05) is 12.1 Å². The van der Waals surface area contributed by atoms with Crippen molar-refractivity contribution in [3.63, 3.8) is 0 Å². The van der Waals surface area contributed by atoms with Gasteiger partial charge in [-0.05, 0) is 36.2 Å². The molecule has 2 aromatic carbocycles. The lowest BCUT2D eigenvalue weighted by molar-refractivity contribution is -0.153. The maximum atomic E-state index is 12.8. The van der Waals surface area contributed by atoms with E-state index in [1.807, 2.05) is 6.92 Å². The highest BCUT2D eigenvalue weighted by atomic mass is 32.2. The third-order valence-corrected chi connectivity index (χ3v) is 6.27. The Hall–Kier alpha value is -3.08. The summed E-state index contributed by atoms with van der Waals surface area (Å²) in [7, 11) is -3.71. The summed E-state index contributed by atoms with van der Waals surface area (Å²) in [6, 6.07) is 11.5. The molecule has 11 heteroatoms. The molecule has 0 bridgehead atoms. The molecule has 2 aromatic rings. The van der Waals surface area contributed by atoms with Crippen molar-refractivity contribution in [1.82, 2.24) is 10.0 Å². The molecule has 178 valence electrons. The molecule has 0 saturated heterocycles. The van der Waals surface area contributed by atoms with Gasteiger partial charge in [-0.15, -0.1) is 0 Å². The van der Waals surface area contributed by atoms with Crippen molar-refractivity contribution >= 4 is 21.8 Å². The Kier molecular flexibility index (Phi) is 7.62. The zero-order valence-electron chi connectivity index (χ0n) is 17.9. The first-order valence-electron chi connectivity index (χ1n) is 10.4. The number of aliphatic imine (C=N–C) groups is 1. The van der Waals surface area contributed by atoms with Crippen molar-refractivity contribution in [3.8, 4) is 5.75 Å². The quantitative estimate of drug-likeness (QED) is 0.570. The van der Waals surface area contributed by atoms with E-state index in [1.165, 1.54) is 18.2 Å². The van der Waals surface area contributed by atoms with Gasteiger partial charge in [-0.2, -0.15) is 13.2 Å². The highest BCUT2D eigenvalue weighted by Crippen LogP contribution is 2.23. The fourth-order valence-electron chi connectivity index (χ4n) is 3.21. The van der Waals surface area contributed by atoms with E-state index in [0.29, 0.717) is 24.0 Å². The van der Waals surface area contributed by atoms with Gasteiger partial charge in [0.15, 0.2) is 6.61 Å². The molecule has 3 rings (SSSR count). The Morgan fingerprint density at radius 1 is 1.15 bits per heavy atom. The van der Waals surface area contributed by atoms with E-state index in [9.17, 15) is 26.4 Å². The number of hydrogen-bond donors (Lipinski definition) is 2. The first kappa shape index (κ1) is 24.6. The second-order valence-corrected chi connectivity index (χ2v) is 9.15. The van der Waals surface area contributed by atoms with E-state index in [4.69, 9.17) is 0 Å². The summed E-state index contributed by atoms with van der Waals surface area (Å²) >= 11 is 0. The van der Waals surface area contributed by atoms with E-state index >= 15 is 0 Å². The zero-order valence-corrected chi connectivity index (χ0v) is 18.7. The smallest absolute Gasteiger partial charge is 0.422 e. The number of amidine groups is 1. The molecule has 0 aromatic heterocycles. The van der Waals surface area contributed by atoms with Crippen LogP contribution in [-0.2, 0) is 21.4 Å². The maximum Gasteiger partial charge on any atom is 0.422 e. The number of fused-ring (bicyclic) bond motifs is 1. The van der Waals surface area contributed by atoms with Crippen LogP contribution in [0.1, 0.15) is 37.3 Å². The van der Waals surface area contributed by atoms with Gasteiger partial charge in [0.05, 0.1) is 4.90 Å². The fourth-order valence-corrected chi connectivity index (χ4v) is 4.45. The number of benzene rings is 2. The van der Waals surface area contributed by atoms with Gasteiger partial charge in [0.1, 0.15) is 17.6 Å². The second-order valence-electron chi connectivity index (χ2n) is 7.50. The minimum Gasteiger partial charge on any atom is -0.484 e. The summed E-state index contributed by atoms with van der Waals surface area (Å²) < 4.78 is 68.4. The zero-order chi connectivity index (χ0) is 24.1. The normalized spacial score (nSPS) is 16.7. The van der Waals surface area contributed by atoms with Gasteiger partial charge < -0.3 is 10.1 Å². The van der Waals surface area contributed by atoms with E-state index < -0.39 is 28.8 Å². The summed E-state index contributed by atoms with van der Waals surface area (Å²) in [5.74, 6) is -0.174. The van der Waals surface area contributed by atoms with E-state index in [0.717, 1.165) is 6.42 Å². The Morgan fingerprint density at radius 2 is 1.85 bits per heavy atom. The third-order valence-electron chi connectivity index (χ3n) is 4.87. The lowest BCUT2D eigenvalue weighted by Crippen LogP contribution is -2.35. The topological polar surface area (TPSA) is 96.9 Å². The molecule has 1 amide bonds. The largest absolute Gasteiger partial charge is 0.484 e. The molecule has 33 heavy (non-hydrogen) atoms. The van der Waals surface area contributed by atoms with Crippen LogP contribution in [0, 0.1) is 0 Å². The second kappa shape index (κ2) is 10.2. The van der Waals surface area contributed by atoms with Crippen LogP contribution in [0.5, 0.6) is 5.75 Å². The Labute approximate surface area is 190 Å². The van der Waals surface area contributed by atoms with Crippen LogP contribution in [0.2, 0.25) is 0 Å². The van der Waals surface area contributed by atoms with E-state index in [2.05, 4.69) is 19.8 Å². The van der Waals surface area contributed by atoms with Crippen molar-refractivity contribution in [2.24, 2.45) is 4.99 Å². The molecule has 0 radical (unpaired) electrons. The molecular weight excluding hydrogens is 459 g/mol. The summed E-state index contributed by atoms with van der Waals surface area (Å²) in [4.78, 5) is 17.3. The molecule has 0 spiro atoms. The van der Waals surface area contributed by atoms with Crippen molar-refractivity contribution in [2.45, 2.75) is 49.8 Å². The molecule has 1 heterocycles. The average Bonchev–Trinajstić information content (AvgIpc) is 3.03. The van der Waals surface area contributed by atoms with Crippen molar-refractivity contribution < 1.29 is 31.1 Å². The monoisotopic (exact) mass is 483 g/mol. The van der Waals surface area contributed by atoms with Crippen LogP contribution in [0.3, 0.4) is 0 Å². The number of alkyl halides is 3. The SMILES string of the molecule is CCCCC(N=C1NS(=O)(=O)c2ccccc21)C(=O)NCc1ccc(OCC(F)(F)F)cc1. The number of carbonyl (C=O) groups is 1. The first-order chi connectivity index (χ1) is 15.6. The first-order valence-corrected chi connectivity index (χ1v) is 11.8. The fraction of sp³-hybridized carbons (Fsp3) is 0.364. The highest BCUT2D eigenvalue weighted by Gasteiger charge is 2.32. The molecule has 2 N–H and O–H groups in total. The minimum absolute atomic E-state index is 0.0711. The molecule has 1 aliphatic heterocycles. The predicted octanol–water partition coefficient (Wildman–Crippen LogP) is 3.54. The Morgan fingerprint density at radius 3 is 2.52 bits per heavy atom. The number of amides is 1. The van der Waals surface area contributed by atoms with Crippen LogP contribution >= 0.6 is 0 Å². The van der Waals surface area contributed by atoms with Crippen LogP contribution in [0.15, 0.2) is 58.4 Å². The number of ether oxygens (including phenoxy) is 1. The maximum absolute atomic E-state index is 12.8. The number of unbranched alkanes of at least 4 members (excludes halogenated alkanes) is 1. The van der Waals surface area contributed by atoms with Crippen LogP contribution in [0.25, 0.3) is 0 Å². The van der Waals surface area contributed by atoms with Crippen molar-refractivity contribution in [1.29, 1.82) is 0 Å². The van der Waals surface area contributed by atoms with Gasteiger partial charge >= 0.3 is 6.18 Å². The number of rotatable bonds is 9. The molecule has 1 unspecified atom stereocenters. The van der Waals surface area contributed by atoms with Gasteiger partial charge in [0.2, 0.25) is 5.91 Å². The van der Waals surface area contributed by atoms with Crippen molar-refractivity contribution in [3.05, 3.63) is 59.7 Å². The number of hydrogen-bond acceptors (Lipinski definition) is 5. The summed E-state index contributed by atoms with van der Waals surface area (Å²) in [5, 5.41) is 2.76. The number of nitrogens with zero attached hydrogens (tertiary/aromatic N) is 1. The lowest BCUT2D eigenvalue weighted by Gasteiger charge is -2.14. The average molecular weight is 484 g/mol. The Balaban J connectivity index is 1.68. The molecule has 0 fully saturated rings. The number of carbonyl (C=O) groups excluding carboxylic acids is 1. The molecule has 0 saturated carbocycles. The highest BCUT2D eigenvalue weighted by molar-refractivity contribution is 7.90. The van der Waals surface area contributed by atoms with Crippen LogP contribution in [-0.4, -0.2) is 39.0 Å². The van der Waals surface area contributed by atoms with Crippen LogP contribution in [0.4, 0.5) is 13.2 Å². The van der Waals surface area contributed by atoms with E-state index in [1.54, 1.807) is 30.3 Å². The molecule has 0 aliphatic carbocycles. The molecular formula is C22H24F3N3O4S. The van der Waals surface area contributed by atoms with Crippen LogP contribution < -0.4 is 14.8 Å².